The first-order chi connectivity index (χ1) is 9.36. The van der Waals surface area contributed by atoms with Crippen molar-refractivity contribution in [1.29, 1.82) is 0 Å². The summed E-state index contributed by atoms with van der Waals surface area (Å²) in [6.07, 6.45) is -4.33. The molecule has 2 rings (SSSR count). The minimum absolute atomic E-state index is 0.178. The number of alkyl halides is 3. The molecule has 1 N–H and O–H groups in total. The second kappa shape index (κ2) is 5.53. The summed E-state index contributed by atoms with van der Waals surface area (Å²) in [5.41, 5.74) is 0.761. The van der Waals surface area contributed by atoms with Gasteiger partial charge >= 0.3 is 6.18 Å². The highest BCUT2D eigenvalue weighted by atomic mass is 19.4. The maximum Gasteiger partial charge on any atom is 0.416 e. The van der Waals surface area contributed by atoms with Gasteiger partial charge in [0.2, 0.25) is 0 Å². The molecule has 0 aliphatic carbocycles. The van der Waals surface area contributed by atoms with Crippen molar-refractivity contribution in [3.8, 4) is 0 Å². The molecule has 0 bridgehead atoms. The quantitative estimate of drug-likeness (QED) is 0.780. The minimum atomic E-state index is -4.33. The standard InChI is InChI=1S/C15H13F4N/c1-10(20-14-8-6-13(16)7-9-14)11-2-4-12(5-3-11)15(17,18)19/h2-10,20H,1H3. The van der Waals surface area contributed by atoms with Gasteiger partial charge in [0.05, 0.1) is 5.56 Å². The van der Waals surface area contributed by atoms with E-state index in [0.29, 0.717) is 5.69 Å². The predicted molar refractivity (Wildman–Crippen MR) is 69.9 cm³/mol. The third-order valence-electron chi connectivity index (χ3n) is 2.97. The fourth-order valence-corrected chi connectivity index (χ4v) is 1.84. The Morgan fingerprint density at radius 2 is 1.45 bits per heavy atom. The van der Waals surface area contributed by atoms with E-state index in [2.05, 4.69) is 5.32 Å². The zero-order chi connectivity index (χ0) is 14.8. The van der Waals surface area contributed by atoms with Crippen molar-refractivity contribution in [2.45, 2.75) is 19.1 Å². The number of nitrogens with one attached hydrogen (secondary N) is 1. The topological polar surface area (TPSA) is 12.0 Å². The highest BCUT2D eigenvalue weighted by molar-refractivity contribution is 5.45. The zero-order valence-electron chi connectivity index (χ0n) is 10.7. The first kappa shape index (κ1) is 14.4. The monoisotopic (exact) mass is 283 g/mol. The predicted octanol–water partition coefficient (Wildman–Crippen LogP) is 5.02. The van der Waals surface area contributed by atoms with Crippen molar-refractivity contribution in [2.75, 3.05) is 5.32 Å². The van der Waals surface area contributed by atoms with Crippen LogP contribution in [0.4, 0.5) is 23.2 Å². The van der Waals surface area contributed by atoms with Crippen LogP contribution in [0.1, 0.15) is 24.1 Å². The molecule has 1 nitrogen and oxygen atoms in total. The smallest absolute Gasteiger partial charge is 0.379 e. The summed E-state index contributed by atoms with van der Waals surface area (Å²) in [7, 11) is 0. The molecule has 0 spiro atoms. The van der Waals surface area contributed by atoms with Crippen LogP contribution in [-0.2, 0) is 6.18 Å². The van der Waals surface area contributed by atoms with Crippen molar-refractivity contribution in [2.24, 2.45) is 0 Å². The van der Waals surface area contributed by atoms with Crippen LogP contribution in [-0.4, -0.2) is 0 Å². The van der Waals surface area contributed by atoms with Gasteiger partial charge in [-0.2, -0.15) is 13.2 Å². The summed E-state index contributed by atoms with van der Waals surface area (Å²) in [6, 6.07) is 10.6. The van der Waals surface area contributed by atoms with Crippen molar-refractivity contribution in [3.63, 3.8) is 0 Å². The molecule has 0 saturated heterocycles. The van der Waals surface area contributed by atoms with Crippen LogP contribution in [0, 0.1) is 5.82 Å². The number of anilines is 1. The molecule has 2 aromatic rings. The minimum Gasteiger partial charge on any atom is -0.379 e. The second-order valence-electron chi connectivity index (χ2n) is 4.49. The largest absolute Gasteiger partial charge is 0.416 e. The lowest BCUT2D eigenvalue weighted by molar-refractivity contribution is -0.137. The van der Waals surface area contributed by atoms with Gasteiger partial charge < -0.3 is 5.32 Å². The summed E-state index contributed by atoms with van der Waals surface area (Å²) >= 11 is 0. The van der Waals surface area contributed by atoms with E-state index in [1.807, 2.05) is 6.92 Å². The molecule has 20 heavy (non-hydrogen) atoms. The number of hydrogen-bond donors (Lipinski definition) is 1. The molecule has 0 aliphatic rings. The molecule has 0 aromatic heterocycles. The Bertz CT molecular complexity index is 558. The van der Waals surface area contributed by atoms with E-state index < -0.39 is 11.7 Å². The van der Waals surface area contributed by atoms with Gasteiger partial charge in [-0.05, 0) is 48.9 Å². The summed E-state index contributed by atoms with van der Waals surface area (Å²) in [6.45, 7) is 1.83. The average molecular weight is 283 g/mol. The molecule has 106 valence electrons. The van der Waals surface area contributed by atoms with Crippen molar-refractivity contribution in [1.82, 2.24) is 0 Å². The van der Waals surface area contributed by atoms with Crippen LogP contribution in [0.15, 0.2) is 48.5 Å². The first-order valence-corrected chi connectivity index (χ1v) is 6.05. The van der Waals surface area contributed by atoms with Gasteiger partial charge in [-0.1, -0.05) is 12.1 Å². The Labute approximate surface area is 114 Å². The Balaban J connectivity index is 2.09. The van der Waals surface area contributed by atoms with Gasteiger partial charge in [0.1, 0.15) is 5.82 Å². The van der Waals surface area contributed by atoms with Crippen LogP contribution in [0.2, 0.25) is 0 Å². The molecule has 0 fully saturated rings. The number of hydrogen-bond acceptors (Lipinski definition) is 1. The average Bonchev–Trinajstić information content (AvgIpc) is 2.40. The molecule has 5 heteroatoms. The van der Waals surface area contributed by atoms with Gasteiger partial charge in [-0.25, -0.2) is 4.39 Å². The Morgan fingerprint density at radius 3 is 1.95 bits per heavy atom. The maximum absolute atomic E-state index is 12.8. The van der Waals surface area contributed by atoms with Gasteiger partial charge in [0.15, 0.2) is 0 Å². The lowest BCUT2D eigenvalue weighted by Gasteiger charge is -2.16. The third-order valence-corrected chi connectivity index (χ3v) is 2.97. The fraction of sp³-hybridized carbons (Fsp3) is 0.200. The fourth-order valence-electron chi connectivity index (χ4n) is 1.84. The number of benzene rings is 2. The normalized spacial score (nSPS) is 13.1. The number of rotatable bonds is 3. The van der Waals surface area contributed by atoms with E-state index in [4.69, 9.17) is 0 Å². The molecule has 0 radical (unpaired) electrons. The third kappa shape index (κ3) is 3.50. The van der Waals surface area contributed by atoms with Crippen LogP contribution in [0.5, 0.6) is 0 Å². The van der Waals surface area contributed by atoms with Crippen LogP contribution >= 0.6 is 0 Å². The van der Waals surface area contributed by atoms with Crippen molar-refractivity contribution < 1.29 is 17.6 Å². The molecule has 1 atom stereocenters. The van der Waals surface area contributed by atoms with E-state index in [9.17, 15) is 17.6 Å². The van der Waals surface area contributed by atoms with Crippen LogP contribution in [0.3, 0.4) is 0 Å². The SMILES string of the molecule is CC(Nc1ccc(F)cc1)c1ccc(C(F)(F)F)cc1. The Kier molecular flexibility index (Phi) is 3.97. The van der Waals surface area contributed by atoms with Crippen molar-refractivity contribution >= 4 is 5.69 Å². The zero-order valence-corrected chi connectivity index (χ0v) is 10.7. The highest BCUT2D eigenvalue weighted by Gasteiger charge is 2.30. The van der Waals surface area contributed by atoms with E-state index in [0.717, 1.165) is 17.7 Å². The van der Waals surface area contributed by atoms with E-state index >= 15 is 0 Å². The van der Waals surface area contributed by atoms with E-state index in [1.54, 1.807) is 12.1 Å². The molecule has 0 saturated carbocycles. The summed E-state index contributed by atoms with van der Waals surface area (Å²) in [5, 5.41) is 3.10. The summed E-state index contributed by atoms with van der Waals surface area (Å²) < 4.78 is 50.1. The molecule has 2 aromatic carbocycles. The lowest BCUT2D eigenvalue weighted by Crippen LogP contribution is -2.08. The number of halogens is 4. The summed E-state index contributed by atoms with van der Waals surface area (Å²) in [5.74, 6) is -0.335. The van der Waals surface area contributed by atoms with E-state index in [1.165, 1.54) is 24.3 Å². The van der Waals surface area contributed by atoms with Crippen LogP contribution in [0.25, 0.3) is 0 Å². The molecule has 0 aliphatic heterocycles. The molecular formula is C15H13F4N. The van der Waals surface area contributed by atoms with Crippen LogP contribution < -0.4 is 5.32 Å². The highest BCUT2D eigenvalue weighted by Crippen LogP contribution is 2.30. The van der Waals surface area contributed by atoms with Gasteiger partial charge in [0.25, 0.3) is 0 Å². The summed E-state index contributed by atoms with van der Waals surface area (Å²) in [4.78, 5) is 0. The van der Waals surface area contributed by atoms with E-state index in [-0.39, 0.29) is 11.9 Å². The Morgan fingerprint density at radius 1 is 0.900 bits per heavy atom. The van der Waals surface area contributed by atoms with Crippen molar-refractivity contribution in [3.05, 3.63) is 65.5 Å². The molecular weight excluding hydrogens is 270 g/mol. The first-order valence-electron chi connectivity index (χ1n) is 6.05. The molecule has 1 unspecified atom stereocenters. The Hall–Kier alpha value is -2.04. The van der Waals surface area contributed by atoms with Gasteiger partial charge in [0, 0.05) is 11.7 Å². The lowest BCUT2D eigenvalue weighted by atomic mass is 10.1. The second-order valence-corrected chi connectivity index (χ2v) is 4.49. The molecule has 0 heterocycles. The van der Waals surface area contributed by atoms with Gasteiger partial charge in [-0.15, -0.1) is 0 Å². The van der Waals surface area contributed by atoms with Gasteiger partial charge in [-0.3, -0.25) is 0 Å². The molecule has 0 amide bonds. The maximum atomic E-state index is 12.8.